The Labute approximate surface area is 117 Å². The quantitative estimate of drug-likeness (QED) is 0.655. The summed E-state index contributed by atoms with van der Waals surface area (Å²) in [5.41, 5.74) is 9.28. The molecule has 0 aromatic carbocycles. The molecule has 7 heteroatoms. The van der Waals surface area contributed by atoms with Gasteiger partial charge in [0.25, 0.3) is 0 Å². The number of carbonyl (C=O) groups is 2. The summed E-state index contributed by atoms with van der Waals surface area (Å²) in [6.45, 7) is 4.04. The van der Waals surface area contributed by atoms with Gasteiger partial charge < -0.3 is 20.9 Å². The predicted molar refractivity (Wildman–Crippen MR) is 61.2 cm³/mol. The molecule has 16 heavy (non-hydrogen) atoms. The maximum atomic E-state index is 10.5. The summed E-state index contributed by atoms with van der Waals surface area (Å²) in [5, 5.41) is 0. The molecule has 2 amide bonds. The molecule has 0 bridgehead atoms. The molecule has 0 spiro atoms. The first kappa shape index (κ1) is 17.9. The van der Waals surface area contributed by atoms with Crippen LogP contribution in [0.3, 0.4) is 0 Å². The predicted octanol–water partition coefficient (Wildman–Crippen LogP) is 0.335. The monoisotopic (exact) mass is 242 g/mol. The SMILES string of the molecule is CCCC(C)(COC(N)=O)COC(N)=O.[NaH]. The van der Waals surface area contributed by atoms with Crippen molar-refractivity contribution in [1.29, 1.82) is 0 Å². The van der Waals surface area contributed by atoms with Crippen LogP contribution in [0.25, 0.3) is 0 Å². The molecular weight excluding hydrogens is 223 g/mol. The fourth-order valence-electron chi connectivity index (χ4n) is 1.28. The van der Waals surface area contributed by atoms with Crippen molar-refractivity contribution in [3.05, 3.63) is 0 Å². The average molecular weight is 242 g/mol. The van der Waals surface area contributed by atoms with Crippen LogP contribution in [0.2, 0.25) is 0 Å². The van der Waals surface area contributed by atoms with Gasteiger partial charge in [0.05, 0.1) is 0 Å². The summed E-state index contributed by atoms with van der Waals surface area (Å²) in [7, 11) is 0. The van der Waals surface area contributed by atoms with Crippen molar-refractivity contribution >= 4 is 41.7 Å². The minimum atomic E-state index is -0.837. The van der Waals surface area contributed by atoms with Crippen molar-refractivity contribution in [3.63, 3.8) is 0 Å². The second-order valence-corrected chi connectivity index (χ2v) is 3.78. The van der Waals surface area contributed by atoms with Gasteiger partial charge in [0.1, 0.15) is 13.2 Å². The van der Waals surface area contributed by atoms with Gasteiger partial charge in [-0.25, -0.2) is 9.59 Å². The number of ether oxygens (including phenoxy) is 2. The van der Waals surface area contributed by atoms with Crippen LogP contribution in [0, 0.1) is 5.41 Å². The van der Waals surface area contributed by atoms with Crippen LogP contribution >= 0.6 is 0 Å². The fourth-order valence-corrected chi connectivity index (χ4v) is 1.28. The van der Waals surface area contributed by atoms with Gasteiger partial charge in [0.15, 0.2) is 0 Å². The molecule has 4 N–H and O–H groups in total. The number of rotatable bonds is 6. The Kier molecular flexibility index (Phi) is 9.70. The standard InChI is InChI=1S/C9H18N2O4.Na.H/c1-3-4-9(2,5-14-7(10)12)6-15-8(11)13;;/h3-6H2,1-2H3,(H2,10,12)(H2,11,13);;. The van der Waals surface area contributed by atoms with E-state index in [1.807, 2.05) is 13.8 Å². The van der Waals surface area contributed by atoms with E-state index >= 15 is 0 Å². The molecule has 0 radical (unpaired) electrons. The number of hydrogen-bond acceptors (Lipinski definition) is 4. The molecule has 0 aromatic rings. The molecule has 0 atom stereocenters. The summed E-state index contributed by atoms with van der Waals surface area (Å²) >= 11 is 0. The molecule has 90 valence electrons. The first-order valence-electron chi connectivity index (χ1n) is 4.74. The van der Waals surface area contributed by atoms with E-state index in [9.17, 15) is 9.59 Å². The molecule has 0 aliphatic rings. The molecule has 0 aliphatic carbocycles. The van der Waals surface area contributed by atoms with E-state index in [0.717, 1.165) is 12.8 Å². The summed E-state index contributed by atoms with van der Waals surface area (Å²) in [4.78, 5) is 20.9. The Hall–Kier alpha value is -0.460. The van der Waals surface area contributed by atoms with Crippen molar-refractivity contribution in [2.45, 2.75) is 26.7 Å². The van der Waals surface area contributed by atoms with Crippen LogP contribution in [0.15, 0.2) is 0 Å². The van der Waals surface area contributed by atoms with Crippen LogP contribution in [0.4, 0.5) is 9.59 Å². The maximum absolute atomic E-state index is 10.5. The molecule has 0 saturated carbocycles. The Morgan fingerprint density at radius 1 is 1.12 bits per heavy atom. The molecule has 0 heterocycles. The van der Waals surface area contributed by atoms with Crippen LogP contribution in [0.5, 0.6) is 0 Å². The van der Waals surface area contributed by atoms with E-state index in [1.165, 1.54) is 0 Å². The molecule has 0 aliphatic heterocycles. The molecule has 6 nitrogen and oxygen atoms in total. The van der Waals surface area contributed by atoms with Crippen molar-refractivity contribution in [2.24, 2.45) is 16.9 Å². The summed E-state index contributed by atoms with van der Waals surface area (Å²) in [6, 6.07) is 0. The second kappa shape index (κ2) is 8.66. The number of carbonyl (C=O) groups excluding carboxylic acids is 2. The van der Waals surface area contributed by atoms with Gasteiger partial charge in [-0.15, -0.1) is 0 Å². The minimum absolute atomic E-state index is 0. The number of hydrogen-bond donors (Lipinski definition) is 2. The Bertz CT molecular complexity index is 218. The summed E-state index contributed by atoms with van der Waals surface area (Å²) in [6.07, 6.45) is -0.0540. The van der Waals surface area contributed by atoms with E-state index in [4.69, 9.17) is 20.9 Å². The first-order chi connectivity index (χ1) is 6.89. The van der Waals surface area contributed by atoms with Gasteiger partial charge in [-0.3, -0.25) is 0 Å². The van der Waals surface area contributed by atoms with Crippen LogP contribution < -0.4 is 11.5 Å². The fraction of sp³-hybridized carbons (Fsp3) is 0.778. The van der Waals surface area contributed by atoms with Crippen LogP contribution in [-0.2, 0) is 9.47 Å². The van der Waals surface area contributed by atoms with E-state index in [-0.39, 0.29) is 42.8 Å². The van der Waals surface area contributed by atoms with Gasteiger partial charge in [-0.1, -0.05) is 20.3 Å². The van der Waals surface area contributed by atoms with Gasteiger partial charge in [-0.2, -0.15) is 0 Å². The molecule has 0 aromatic heterocycles. The second-order valence-electron chi connectivity index (χ2n) is 3.78. The Morgan fingerprint density at radius 2 is 1.50 bits per heavy atom. The van der Waals surface area contributed by atoms with Crippen LogP contribution in [-0.4, -0.2) is 55.0 Å². The van der Waals surface area contributed by atoms with Gasteiger partial charge in [0, 0.05) is 5.41 Å². The van der Waals surface area contributed by atoms with Gasteiger partial charge in [-0.05, 0) is 6.42 Å². The van der Waals surface area contributed by atoms with E-state index in [2.05, 4.69) is 0 Å². The number of primary amides is 2. The third-order valence-corrected chi connectivity index (χ3v) is 1.98. The van der Waals surface area contributed by atoms with Gasteiger partial charge >= 0.3 is 41.7 Å². The van der Waals surface area contributed by atoms with Crippen molar-refractivity contribution in [2.75, 3.05) is 13.2 Å². The zero-order valence-corrected chi connectivity index (χ0v) is 9.12. The normalized spacial score (nSPS) is 10.1. The number of nitrogens with two attached hydrogens (primary N) is 2. The van der Waals surface area contributed by atoms with Crippen molar-refractivity contribution < 1.29 is 19.1 Å². The third-order valence-electron chi connectivity index (χ3n) is 1.98. The zero-order chi connectivity index (χ0) is 11.9. The van der Waals surface area contributed by atoms with Gasteiger partial charge in [0.2, 0.25) is 0 Å². The van der Waals surface area contributed by atoms with E-state index in [0.29, 0.717) is 0 Å². The zero-order valence-electron chi connectivity index (χ0n) is 9.12. The molecule has 0 unspecified atom stereocenters. The molecule has 0 saturated heterocycles. The third kappa shape index (κ3) is 8.82. The molecule has 0 rings (SSSR count). The Balaban J connectivity index is 0. The molecule has 0 fully saturated rings. The average Bonchev–Trinajstić information content (AvgIpc) is 2.13. The van der Waals surface area contributed by atoms with Crippen LogP contribution in [0.1, 0.15) is 26.7 Å². The molecular formula is C9H19N2NaO4. The topological polar surface area (TPSA) is 105 Å². The van der Waals surface area contributed by atoms with Crippen molar-refractivity contribution in [1.82, 2.24) is 0 Å². The Morgan fingerprint density at radius 3 is 1.75 bits per heavy atom. The van der Waals surface area contributed by atoms with E-state index in [1.54, 1.807) is 0 Å². The summed E-state index contributed by atoms with van der Waals surface area (Å²) in [5.74, 6) is 0. The summed E-state index contributed by atoms with van der Waals surface area (Å²) < 4.78 is 9.40. The first-order valence-corrected chi connectivity index (χ1v) is 4.74. The number of amides is 2. The van der Waals surface area contributed by atoms with Crippen molar-refractivity contribution in [3.8, 4) is 0 Å². The van der Waals surface area contributed by atoms with E-state index < -0.39 is 17.6 Å².